The Kier molecular flexibility index (Phi) is 56.6. The molecule has 0 aliphatic heterocycles. The van der Waals surface area contributed by atoms with Crippen LogP contribution in [0.15, 0.2) is 0 Å². The highest BCUT2D eigenvalue weighted by atomic mass is 31.2. The number of unbranched alkanes of at least 4 members (excludes halogenated alkanes) is 31. The van der Waals surface area contributed by atoms with Gasteiger partial charge >= 0.3 is 39.5 Å². The van der Waals surface area contributed by atoms with Crippen molar-refractivity contribution in [3.8, 4) is 0 Å². The van der Waals surface area contributed by atoms with Crippen LogP contribution in [0, 0.1) is 23.7 Å². The third-order valence-corrected chi connectivity index (χ3v) is 17.5. The number of phosphoric ester groups is 2. The van der Waals surface area contributed by atoms with E-state index in [-0.39, 0.29) is 25.7 Å². The van der Waals surface area contributed by atoms with Crippen LogP contribution in [0.5, 0.6) is 0 Å². The summed E-state index contributed by atoms with van der Waals surface area (Å²) in [5.41, 5.74) is 0. The predicted molar refractivity (Wildman–Crippen MR) is 349 cm³/mol. The van der Waals surface area contributed by atoms with E-state index in [0.29, 0.717) is 37.5 Å². The summed E-state index contributed by atoms with van der Waals surface area (Å²) in [6.45, 7) is 13.9. The van der Waals surface area contributed by atoms with Crippen molar-refractivity contribution < 1.29 is 80.2 Å². The minimum absolute atomic E-state index is 0.100. The van der Waals surface area contributed by atoms with Crippen molar-refractivity contribution in [3.63, 3.8) is 0 Å². The number of carbonyl (C=O) groups excluding carboxylic acids is 4. The molecule has 3 N–H and O–H groups in total. The van der Waals surface area contributed by atoms with Crippen LogP contribution in [0.2, 0.25) is 0 Å². The molecule has 87 heavy (non-hydrogen) atoms. The fourth-order valence-electron chi connectivity index (χ4n) is 10.1. The van der Waals surface area contributed by atoms with Crippen LogP contribution in [0.3, 0.4) is 0 Å². The van der Waals surface area contributed by atoms with E-state index < -0.39 is 97.5 Å². The van der Waals surface area contributed by atoms with Crippen molar-refractivity contribution in [2.75, 3.05) is 39.6 Å². The van der Waals surface area contributed by atoms with Crippen molar-refractivity contribution in [1.82, 2.24) is 0 Å². The largest absolute Gasteiger partial charge is 0.472 e. The lowest BCUT2D eigenvalue weighted by Crippen LogP contribution is -2.30. The van der Waals surface area contributed by atoms with Gasteiger partial charge in [0.25, 0.3) is 0 Å². The van der Waals surface area contributed by atoms with E-state index in [0.717, 1.165) is 108 Å². The van der Waals surface area contributed by atoms with Gasteiger partial charge in [-0.1, -0.05) is 280 Å². The maximum atomic E-state index is 13.0. The van der Waals surface area contributed by atoms with E-state index in [9.17, 15) is 43.2 Å². The zero-order valence-corrected chi connectivity index (χ0v) is 58.4. The smallest absolute Gasteiger partial charge is 0.462 e. The molecule has 0 aliphatic rings. The summed E-state index contributed by atoms with van der Waals surface area (Å²) in [7, 11) is -9.89. The Bertz CT molecular complexity index is 1730. The van der Waals surface area contributed by atoms with Crippen molar-refractivity contribution in [1.29, 1.82) is 0 Å². The van der Waals surface area contributed by atoms with Crippen LogP contribution in [-0.4, -0.2) is 96.7 Å². The molecule has 0 aromatic heterocycles. The van der Waals surface area contributed by atoms with Gasteiger partial charge < -0.3 is 33.8 Å². The minimum atomic E-state index is -4.95. The first-order valence-electron chi connectivity index (χ1n) is 35.2. The molecular weight excluding hydrogens is 1150 g/mol. The van der Waals surface area contributed by atoms with Gasteiger partial charge in [0.05, 0.1) is 26.4 Å². The summed E-state index contributed by atoms with van der Waals surface area (Å²) in [5, 5.41) is 10.5. The molecule has 2 unspecified atom stereocenters. The number of ether oxygens (including phenoxy) is 4. The van der Waals surface area contributed by atoms with E-state index >= 15 is 0 Å². The average Bonchev–Trinajstić information content (AvgIpc) is 3.46. The molecule has 0 fully saturated rings. The molecule has 0 saturated heterocycles. The molecule has 0 spiro atoms. The van der Waals surface area contributed by atoms with Crippen LogP contribution >= 0.6 is 15.6 Å². The third-order valence-electron chi connectivity index (χ3n) is 15.6. The Morgan fingerprint density at radius 2 is 0.483 bits per heavy atom. The van der Waals surface area contributed by atoms with Crippen LogP contribution in [-0.2, 0) is 65.4 Å². The van der Waals surface area contributed by atoms with Crippen LogP contribution in [0.4, 0.5) is 0 Å². The second-order valence-corrected chi connectivity index (χ2v) is 29.4. The Morgan fingerprint density at radius 3 is 0.713 bits per heavy atom. The maximum Gasteiger partial charge on any atom is 0.472 e. The summed E-state index contributed by atoms with van der Waals surface area (Å²) in [6.07, 6.45) is 39.4. The Hall–Kier alpha value is -1.94. The first-order valence-corrected chi connectivity index (χ1v) is 38.2. The average molecular weight is 1280 g/mol. The van der Waals surface area contributed by atoms with Gasteiger partial charge in [0.2, 0.25) is 0 Å². The molecule has 5 atom stereocenters. The quantitative estimate of drug-likeness (QED) is 0.0222. The number of rotatable bonds is 65. The van der Waals surface area contributed by atoms with Gasteiger partial charge in [0.1, 0.15) is 19.3 Å². The summed E-state index contributed by atoms with van der Waals surface area (Å²) in [5.74, 6) is 0.733. The van der Waals surface area contributed by atoms with Gasteiger partial charge in [0, 0.05) is 25.7 Å². The van der Waals surface area contributed by atoms with Crippen LogP contribution in [0.25, 0.3) is 0 Å². The zero-order chi connectivity index (χ0) is 64.7. The van der Waals surface area contributed by atoms with E-state index in [1.165, 1.54) is 128 Å². The molecule has 0 aromatic rings. The van der Waals surface area contributed by atoms with Gasteiger partial charge in [-0.15, -0.1) is 0 Å². The Balaban J connectivity index is 5.17. The highest BCUT2D eigenvalue weighted by Crippen LogP contribution is 2.45. The van der Waals surface area contributed by atoms with Gasteiger partial charge in [-0.25, -0.2) is 9.13 Å². The molecule has 0 radical (unpaired) electrons. The highest BCUT2D eigenvalue weighted by Gasteiger charge is 2.30. The Morgan fingerprint density at radius 1 is 0.287 bits per heavy atom. The van der Waals surface area contributed by atoms with Gasteiger partial charge in [0.15, 0.2) is 12.2 Å². The lowest BCUT2D eigenvalue weighted by Gasteiger charge is -2.21. The SMILES string of the molecule is CC(C)CCCCCCCCCCCCCCCCCC(=O)OC[C@H](COP(=O)(O)OC[C@@H](O)COP(=O)(O)OC[C@@H](COC(=O)CCCCCCCCC(C)C)OC(=O)CCCCCCCCC(C)C)OC(=O)CCCCCCCCCCC(C)C. The molecule has 516 valence electrons. The lowest BCUT2D eigenvalue weighted by atomic mass is 10.0. The topological polar surface area (TPSA) is 237 Å². The molecule has 0 heterocycles. The van der Waals surface area contributed by atoms with Gasteiger partial charge in [-0.2, -0.15) is 0 Å². The lowest BCUT2D eigenvalue weighted by molar-refractivity contribution is -0.161. The summed E-state index contributed by atoms with van der Waals surface area (Å²) < 4.78 is 68.1. The number of esters is 4. The molecule has 0 aliphatic carbocycles. The van der Waals surface area contributed by atoms with E-state index in [4.69, 9.17) is 37.0 Å². The number of carbonyl (C=O) groups is 4. The van der Waals surface area contributed by atoms with Crippen molar-refractivity contribution in [2.45, 2.75) is 350 Å². The molecule has 17 nitrogen and oxygen atoms in total. The fraction of sp³-hybridized carbons (Fsp3) is 0.941. The first-order chi connectivity index (χ1) is 41.6. The Labute approximate surface area is 530 Å². The normalized spacial score (nSPS) is 14.3. The van der Waals surface area contributed by atoms with E-state index in [1.54, 1.807) is 0 Å². The minimum Gasteiger partial charge on any atom is -0.462 e. The number of hydrogen-bond acceptors (Lipinski definition) is 15. The van der Waals surface area contributed by atoms with Gasteiger partial charge in [-0.05, 0) is 49.4 Å². The standard InChI is InChI=1S/C68H132O17P2/c1-58(2)44-36-28-20-16-14-12-10-9-11-13-15-17-22-32-40-48-65(70)78-54-63(84-67(72)50-42-34-23-19-18-21-29-37-45-59(3)4)56-82-86(74,75)80-52-62(69)53-81-87(76,77)83-57-64(85-68(73)51-43-35-27-25-31-39-47-61(7)8)55-79-66(71)49-41-33-26-24-30-38-46-60(5)6/h58-64,69H,9-57H2,1-8H3,(H,74,75)(H,76,77)/t62-,63-,64-/m1/s1. The highest BCUT2D eigenvalue weighted by molar-refractivity contribution is 7.47. The van der Waals surface area contributed by atoms with Crippen LogP contribution in [0.1, 0.15) is 331 Å². The summed E-state index contributed by atoms with van der Waals surface area (Å²) >= 11 is 0. The number of aliphatic hydroxyl groups is 1. The number of hydrogen-bond donors (Lipinski definition) is 3. The molecule has 0 rings (SSSR count). The molecule has 0 aromatic carbocycles. The van der Waals surface area contributed by atoms with E-state index in [1.807, 2.05) is 0 Å². The molecule has 0 amide bonds. The maximum absolute atomic E-state index is 13.0. The van der Waals surface area contributed by atoms with Crippen molar-refractivity contribution in [2.24, 2.45) is 23.7 Å². The zero-order valence-electron chi connectivity index (χ0n) is 56.6. The number of phosphoric acid groups is 2. The molecule has 0 saturated carbocycles. The fourth-order valence-corrected chi connectivity index (χ4v) is 11.7. The van der Waals surface area contributed by atoms with E-state index in [2.05, 4.69) is 55.4 Å². The molecule has 0 bridgehead atoms. The molecular formula is C68H132O17P2. The van der Waals surface area contributed by atoms with Crippen molar-refractivity contribution >= 4 is 39.5 Å². The monoisotopic (exact) mass is 1280 g/mol. The summed E-state index contributed by atoms with van der Waals surface area (Å²) in [6, 6.07) is 0. The third kappa shape index (κ3) is 62.6. The van der Waals surface area contributed by atoms with Gasteiger partial charge in [-0.3, -0.25) is 37.3 Å². The van der Waals surface area contributed by atoms with Crippen molar-refractivity contribution in [3.05, 3.63) is 0 Å². The summed E-state index contributed by atoms with van der Waals surface area (Å²) in [4.78, 5) is 72.3. The molecule has 19 heteroatoms. The second kappa shape index (κ2) is 57.9. The number of aliphatic hydroxyl groups excluding tert-OH is 1. The van der Waals surface area contributed by atoms with Crippen LogP contribution < -0.4 is 0 Å². The first kappa shape index (κ1) is 85.1. The predicted octanol–water partition coefficient (Wildman–Crippen LogP) is 18.9. The second-order valence-electron chi connectivity index (χ2n) is 26.5.